The predicted octanol–water partition coefficient (Wildman–Crippen LogP) is 1.35. The van der Waals surface area contributed by atoms with Gasteiger partial charge in [0.2, 0.25) is 0 Å². The second kappa shape index (κ2) is 4.22. The van der Waals surface area contributed by atoms with E-state index in [0.717, 1.165) is 37.1 Å². The zero-order chi connectivity index (χ0) is 11.7. The number of rotatable bonds is 1. The van der Waals surface area contributed by atoms with Crippen molar-refractivity contribution in [2.75, 3.05) is 31.1 Å². The average molecular weight is 229 g/mol. The van der Waals surface area contributed by atoms with Gasteiger partial charge in [0.25, 0.3) is 0 Å². The van der Waals surface area contributed by atoms with Crippen molar-refractivity contribution < 1.29 is 5.11 Å². The largest absolute Gasteiger partial charge is 0.504 e. The lowest BCUT2D eigenvalue weighted by Gasteiger charge is -2.29. The van der Waals surface area contributed by atoms with Gasteiger partial charge in [-0.3, -0.25) is 0 Å². The van der Waals surface area contributed by atoms with Gasteiger partial charge >= 0.3 is 0 Å². The molecule has 0 amide bonds. The fourth-order valence-corrected chi connectivity index (χ4v) is 2.20. The van der Waals surface area contributed by atoms with Crippen LogP contribution in [0.15, 0.2) is 30.3 Å². The van der Waals surface area contributed by atoms with Gasteiger partial charge in [-0.25, -0.2) is 4.98 Å². The first-order valence-electron chi connectivity index (χ1n) is 5.89. The number of anilines is 1. The standard InChI is InChI=1S/C13H15N3O/c17-12-9-10-3-1-2-4-11(10)15-13(12)16-7-5-14-6-8-16/h1-4,9,14,17H,5-8H2. The van der Waals surface area contributed by atoms with Crippen molar-refractivity contribution in [3.8, 4) is 5.75 Å². The number of fused-ring (bicyclic) bond motifs is 1. The van der Waals surface area contributed by atoms with Gasteiger partial charge in [-0.15, -0.1) is 0 Å². The summed E-state index contributed by atoms with van der Waals surface area (Å²) in [5.74, 6) is 0.968. The molecule has 4 nitrogen and oxygen atoms in total. The number of aromatic hydroxyl groups is 1. The summed E-state index contributed by atoms with van der Waals surface area (Å²) in [6.07, 6.45) is 0. The lowest BCUT2D eigenvalue weighted by atomic mass is 10.2. The van der Waals surface area contributed by atoms with Crippen LogP contribution in [0.25, 0.3) is 10.9 Å². The van der Waals surface area contributed by atoms with Crippen LogP contribution < -0.4 is 10.2 Å². The lowest BCUT2D eigenvalue weighted by molar-refractivity contribution is 0.468. The van der Waals surface area contributed by atoms with Crippen LogP contribution in [-0.4, -0.2) is 36.3 Å². The van der Waals surface area contributed by atoms with E-state index >= 15 is 0 Å². The highest BCUT2D eigenvalue weighted by molar-refractivity contribution is 5.83. The van der Waals surface area contributed by atoms with Crippen molar-refractivity contribution in [2.45, 2.75) is 0 Å². The van der Waals surface area contributed by atoms with Crippen molar-refractivity contribution in [2.24, 2.45) is 0 Å². The molecule has 1 aliphatic rings. The predicted molar refractivity (Wildman–Crippen MR) is 68.5 cm³/mol. The molecule has 1 aliphatic heterocycles. The first-order chi connectivity index (χ1) is 8.34. The van der Waals surface area contributed by atoms with E-state index in [4.69, 9.17) is 0 Å². The first kappa shape index (κ1) is 10.4. The molecule has 1 saturated heterocycles. The Morgan fingerprint density at radius 3 is 2.76 bits per heavy atom. The number of pyridine rings is 1. The number of nitrogens with zero attached hydrogens (tertiary/aromatic N) is 2. The summed E-state index contributed by atoms with van der Waals surface area (Å²) in [4.78, 5) is 6.67. The number of nitrogens with one attached hydrogen (secondary N) is 1. The molecule has 1 aromatic carbocycles. The van der Waals surface area contributed by atoms with Crippen LogP contribution in [0.5, 0.6) is 5.75 Å². The van der Waals surface area contributed by atoms with Crippen molar-refractivity contribution >= 4 is 16.7 Å². The third-order valence-electron chi connectivity index (χ3n) is 3.10. The molecule has 2 aromatic rings. The molecule has 0 atom stereocenters. The summed E-state index contributed by atoms with van der Waals surface area (Å²) in [5, 5.41) is 14.3. The molecule has 2 N–H and O–H groups in total. The highest BCUT2D eigenvalue weighted by Gasteiger charge is 2.16. The fraction of sp³-hybridized carbons (Fsp3) is 0.308. The second-order valence-electron chi connectivity index (χ2n) is 4.26. The summed E-state index contributed by atoms with van der Waals surface area (Å²) in [6.45, 7) is 3.65. The van der Waals surface area contributed by atoms with E-state index in [1.165, 1.54) is 0 Å². The Bertz CT molecular complexity index is 535. The van der Waals surface area contributed by atoms with Crippen LogP contribution in [0.3, 0.4) is 0 Å². The minimum Gasteiger partial charge on any atom is -0.504 e. The first-order valence-corrected chi connectivity index (χ1v) is 5.89. The Morgan fingerprint density at radius 2 is 1.94 bits per heavy atom. The number of para-hydroxylation sites is 1. The number of piperazine rings is 1. The summed E-state index contributed by atoms with van der Waals surface area (Å²) >= 11 is 0. The minimum atomic E-state index is 0.269. The zero-order valence-electron chi connectivity index (χ0n) is 9.56. The molecule has 0 spiro atoms. The average Bonchev–Trinajstić information content (AvgIpc) is 2.39. The number of hydrogen-bond acceptors (Lipinski definition) is 4. The van der Waals surface area contributed by atoms with Crippen LogP contribution in [0.2, 0.25) is 0 Å². The van der Waals surface area contributed by atoms with Gasteiger partial charge in [0, 0.05) is 31.6 Å². The molecule has 17 heavy (non-hydrogen) atoms. The molecule has 0 radical (unpaired) electrons. The van der Waals surface area contributed by atoms with E-state index in [2.05, 4.69) is 15.2 Å². The highest BCUT2D eigenvalue weighted by atomic mass is 16.3. The summed E-state index contributed by atoms with van der Waals surface area (Å²) in [5.41, 5.74) is 0.929. The Labute approximate surface area is 99.9 Å². The molecule has 1 fully saturated rings. The molecule has 88 valence electrons. The van der Waals surface area contributed by atoms with Gasteiger partial charge < -0.3 is 15.3 Å². The number of aromatic nitrogens is 1. The van der Waals surface area contributed by atoms with Crippen LogP contribution in [0, 0.1) is 0 Å². The maximum atomic E-state index is 10.0. The van der Waals surface area contributed by atoms with E-state index in [-0.39, 0.29) is 5.75 Å². The van der Waals surface area contributed by atoms with Gasteiger partial charge in [-0.2, -0.15) is 0 Å². The maximum Gasteiger partial charge on any atom is 0.171 e. The summed E-state index contributed by atoms with van der Waals surface area (Å²) in [7, 11) is 0. The summed E-state index contributed by atoms with van der Waals surface area (Å²) in [6, 6.07) is 9.64. The Kier molecular flexibility index (Phi) is 2.57. The molecule has 4 heteroatoms. The Hall–Kier alpha value is -1.81. The van der Waals surface area contributed by atoms with Crippen LogP contribution in [0.4, 0.5) is 5.82 Å². The number of hydrogen-bond donors (Lipinski definition) is 2. The maximum absolute atomic E-state index is 10.0. The van der Waals surface area contributed by atoms with Gasteiger partial charge in [-0.05, 0) is 12.1 Å². The topological polar surface area (TPSA) is 48.4 Å². The van der Waals surface area contributed by atoms with Crippen molar-refractivity contribution in [1.82, 2.24) is 10.3 Å². The third kappa shape index (κ3) is 1.91. The second-order valence-corrected chi connectivity index (χ2v) is 4.26. The van der Waals surface area contributed by atoms with Crippen molar-refractivity contribution in [1.29, 1.82) is 0 Å². The SMILES string of the molecule is Oc1cc2ccccc2nc1N1CCNCC1. The van der Waals surface area contributed by atoms with E-state index in [0.29, 0.717) is 5.82 Å². The minimum absolute atomic E-state index is 0.269. The van der Waals surface area contributed by atoms with E-state index in [1.54, 1.807) is 6.07 Å². The third-order valence-corrected chi connectivity index (χ3v) is 3.10. The van der Waals surface area contributed by atoms with Crippen LogP contribution in [-0.2, 0) is 0 Å². The van der Waals surface area contributed by atoms with Gasteiger partial charge in [-0.1, -0.05) is 18.2 Å². The van der Waals surface area contributed by atoms with Crippen LogP contribution in [0.1, 0.15) is 0 Å². The van der Waals surface area contributed by atoms with Crippen molar-refractivity contribution in [3.05, 3.63) is 30.3 Å². The van der Waals surface area contributed by atoms with Crippen LogP contribution >= 0.6 is 0 Å². The van der Waals surface area contributed by atoms with E-state index in [1.807, 2.05) is 24.3 Å². The Morgan fingerprint density at radius 1 is 1.18 bits per heavy atom. The molecular weight excluding hydrogens is 214 g/mol. The Balaban J connectivity index is 2.06. The van der Waals surface area contributed by atoms with Crippen molar-refractivity contribution in [3.63, 3.8) is 0 Å². The summed E-state index contributed by atoms with van der Waals surface area (Å²) < 4.78 is 0. The van der Waals surface area contributed by atoms with Gasteiger partial charge in [0.05, 0.1) is 5.52 Å². The quantitative estimate of drug-likeness (QED) is 0.775. The smallest absolute Gasteiger partial charge is 0.171 e. The molecule has 0 bridgehead atoms. The van der Waals surface area contributed by atoms with Gasteiger partial charge in [0.1, 0.15) is 0 Å². The number of benzene rings is 1. The molecule has 0 unspecified atom stereocenters. The molecular formula is C13H15N3O. The van der Waals surface area contributed by atoms with E-state index < -0.39 is 0 Å². The zero-order valence-corrected chi connectivity index (χ0v) is 9.56. The lowest BCUT2D eigenvalue weighted by Crippen LogP contribution is -2.43. The molecule has 3 rings (SSSR count). The van der Waals surface area contributed by atoms with E-state index in [9.17, 15) is 5.11 Å². The highest BCUT2D eigenvalue weighted by Crippen LogP contribution is 2.28. The fourth-order valence-electron chi connectivity index (χ4n) is 2.20. The molecule has 0 aliphatic carbocycles. The molecule has 1 aromatic heterocycles. The monoisotopic (exact) mass is 229 g/mol. The molecule has 0 saturated carbocycles. The molecule has 2 heterocycles. The van der Waals surface area contributed by atoms with Gasteiger partial charge in [0.15, 0.2) is 11.6 Å². The normalized spacial score (nSPS) is 16.4.